The molecule has 0 bridgehead atoms. The van der Waals surface area contributed by atoms with E-state index in [4.69, 9.17) is 9.47 Å². The van der Waals surface area contributed by atoms with Crippen LogP contribution in [0.3, 0.4) is 0 Å². The summed E-state index contributed by atoms with van der Waals surface area (Å²) in [6.07, 6.45) is 5.08. The van der Waals surface area contributed by atoms with Gasteiger partial charge in [0.1, 0.15) is 18.1 Å². The molecule has 0 saturated heterocycles. The number of benzene rings is 2. The molecule has 156 valence electrons. The largest absolute Gasteiger partial charge is 0.496 e. The maximum Gasteiger partial charge on any atom is 0.246 e. The Labute approximate surface area is 184 Å². The van der Waals surface area contributed by atoms with Crippen molar-refractivity contribution in [3.05, 3.63) is 82.1 Å². The Hall–Kier alpha value is -3.06. The van der Waals surface area contributed by atoms with Gasteiger partial charge in [0.15, 0.2) is 0 Å². The molecule has 3 aromatic rings. The highest BCUT2D eigenvalue weighted by molar-refractivity contribution is 9.10. The van der Waals surface area contributed by atoms with Gasteiger partial charge in [-0.05, 0) is 51.8 Å². The topological polar surface area (TPSA) is 56.6 Å². The number of aryl methyl sites for hydroxylation is 1. The van der Waals surface area contributed by atoms with Crippen molar-refractivity contribution >= 4 is 27.9 Å². The molecule has 1 heterocycles. The lowest BCUT2D eigenvalue weighted by atomic mass is 10.1. The highest BCUT2D eigenvalue weighted by Crippen LogP contribution is 2.23. The van der Waals surface area contributed by atoms with E-state index in [0.717, 1.165) is 32.8 Å². The van der Waals surface area contributed by atoms with Gasteiger partial charge in [-0.15, -0.1) is 0 Å². The van der Waals surface area contributed by atoms with E-state index >= 15 is 0 Å². The summed E-state index contributed by atoms with van der Waals surface area (Å²) < 4.78 is 13.9. The summed E-state index contributed by atoms with van der Waals surface area (Å²) in [5.41, 5.74) is 2.73. The van der Waals surface area contributed by atoms with Crippen LogP contribution in [-0.4, -0.2) is 34.7 Å². The van der Waals surface area contributed by atoms with E-state index in [1.165, 1.54) is 0 Å². The number of amides is 1. The summed E-state index contributed by atoms with van der Waals surface area (Å²) in [6.45, 7) is 0.830. The van der Waals surface area contributed by atoms with Gasteiger partial charge in [-0.25, -0.2) is 0 Å². The first-order chi connectivity index (χ1) is 14.5. The van der Waals surface area contributed by atoms with Crippen LogP contribution in [0.15, 0.2) is 65.3 Å². The monoisotopic (exact) mass is 469 g/mol. The number of methoxy groups -OCH3 is 1. The second-order valence-corrected chi connectivity index (χ2v) is 7.62. The van der Waals surface area contributed by atoms with Crippen LogP contribution >= 0.6 is 15.9 Å². The van der Waals surface area contributed by atoms with Crippen LogP contribution < -0.4 is 9.47 Å². The summed E-state index contributed by atoms with van der Waals surface area (Å²) in [6, 6.07) is 15.4. The molecule has 1 aromatic heterocycles. The van der Waals surface area contributed by atoms with Crippen LogP contribution in [0, 0.1) is 0 Å². The minimum Gasteiger partial charge on any atom is -0.496 e. The summed E-state index contributed by atoms with van der Waals surface area (Å²) >= 11 is 3.46. The molecule has 0 aliphatic carbocycles. The van der Waals surface area contributed by atoms with Crippen LogP contribution in [0.1, 0.15) is 16.8 Å². The molecule has 1 amide bonds. The Morgan fingerprint density at radius 1 is 1.23 bits per heavy atom. The Bertz CT molecular complexity index is 1010. The first-order valence-electron chi connectivity index (χ1n) is 9.42. The van der Waals surface area contributed by atoms with E-state index in [1.807, 2.05) is 55.6 Å². The minimum absolute atomic E-state index is 0.0963. The smallest absolute Gasteiger partial charge is 0.246 e. The SMILES string of the molecule is COc1ccc(/C=C/C(=O)N(C)Cc2c(Br)cnn2C)cc1COc1ccccc1. The molecule has 3 rings (SSSR count). The van der Waals surface area contributed by atoms with Crippen molar-refractivity contribution in [2.24, 2.45) is 7.05 Å². The summed E-state index contributed by atoms with van der Waals surface area (Å²) in [7, 11) is 5.25. The molecule has 6 nitrogen and oxygen atoms in total. The second-order valence-electron chi connectivity index (χ2n) is 6.76. The summed E-state index contributed by atoms with van der Waals surface area (Å²) in [5, 5.41) is 4.18. The van der Waals surface area contributed by atoms with Gasteiger partial charge in [-0.1, -0.05) is 24.3 Å². The predicted molar refractivity (Wildman–Crippen MR) is 120 cm³/mol. The van der Waals surface area contributed by atoms with E-state index in [0.29, 0.717) is 13.2 Å². The van der Waals surface area contributed by atoms with Crippen molar-refractivity contribution in [2.75, 3.05) is 14.2 Å². The lowest BCUT2D eigenvalue weighted by Gasteiger charge is -2.15. The van der Waals surface area contributed by atoms with E-state index in [2.05, 4.69) is 21.0 Å². The highest BCUT2D eigenvalue weighted by Gasteiger charge is 2.12. The number of likely N-dealkylation sites (N-methyl/N-ethyl adjacent to an activating group) is 1. The number of halogens is 1. The quantitative estimate of drug-likeness (QED) is 0.457. The predicted octanol–water partition coefficient (Wildman–Crippen LogP) is 4.44. The van der Waals surface area contributed by atoms with Gasteiger partial charge in [0.2, 0.25) is 5.91 Å². The van der Waals surface area contributed by atoms with Gasteiger partial charge < -0.3 is 14.4 Å². The number of para-hydroxylation sites is 1. The molecule has 0 unspecified atom stereocenters. The average Bonchev–Trinajstić information content (AvgIpc) is 3.08. The molecule has 0 spiro atoms. The number of hydrogen-bond acceptors (Lipinski definition) is 4. The molecule has 0 N–H and O–H groups in total. The highest BCUT2D eigenvalue weighted by atomic mass is 79.9. The minimum atomic E-state index is -0.0963. The molecule has 30 heavy (non-hydrogen) atoms. The molecule has 0 saturated carbocycles. The molecule has 2 aromatic carbocycles. The van der Waals surface area contributed by atoms with Crippen LogP contribution in [0.5, 0.6) is 11.5 Å². The molecule has 0 fully saturated rings. The van der Waals surface area contributed by atoms with Crippen molar-refractivity contribution < 1.29 is 14.3 Å². The fraction of sp³-hybridized carbons (Fsp3) is 0.217. The van der Waals surface area contributed by atoms with Gasteiger partial charge in [0.25, 0.3) is 0 Å². The summed E-state index contributed by atoms with van der Waals surface area (Å²) in [5.74, 6) is 1.44. The van der Waals surface area contributed by atoms with Gasteiger partial charge >= 0.3 is 0 Å². The second kappa shape index (κ2) is 10.1. The normalized spacial score (nSPS) is 10.9. The zero-order valence-corrected chi connectivity index (χ0v) is 18.8. The molecule has 0 aliphatic rings. The van der Waals surface area contributed by atoms with Crippen molar-refractivity contribution in [3.63, 3.8) is 0 Å². The standard InChI is InChI=1S/C23H24BrN3O3/c1-26(15-21-20(24)14-25-27(21)2)23(28)12-10-17-9-11-22(29-3)18(13-17)16-30-19-7-5-4-6-8-19/h4-14H,15-16H2,1-3H3/b12-10+. The molecular weight excluding hydrogens is 446 g/mol. The van der Waals surface area contributed by atoms with E-state index < -0.39 is 0 Å². The van der Waals surface area contributed by atoms with Crippen molar-refractivity contribution in [1.82, 2.24) is 14.7 Å². The van der Waals surface area contributed by atoms with Gasteiger partial charge in [0, 0.05) is 25.7 Å². The lowest BCUT2D eigenvalue weighted by Crippen LogP contribution is -2.25. The zero-order valence-electron chi connectivity index (χ0n) is 17.2. The molecule has 7 heteroatoms. The maximum atomic E-state index is 12.5. The lowest BCUT2D eigenvalue weighted by molar-refractivity contribution is -0.125. The van der Waals surface area contributed by atoms with Gasteiger partial charge in [0.05, 0.1) is 30.0 Å². The fourth-order valence-corrected chi connectivity index (χ4v) is 3.38. The van der Waals surface area contributed by atoms with E-state index in [9.17, 15) is 4.79 Å². The third-order valence-electron chi connectivity index (χ3n) is 4.63. The van der Waals surface area contributed by atoms with Crippen molar-refractivity contribution in [1.29, 1.82) is 0 Å². The van der Waals surface area contributed by atoms with Crippen LogP contribution in [0.25, 0.3) is 6.08 Å². The third-order valence-corrected chi connectivity index (χ3v) is 5.30. The average molecular weight is 470 g/mol. The summed E-state index contributed by atoms with van der Waals surface area (Å²) in [4.78, 5) is 14.2. The molecule has 0 atom stereocenters. The molecule has 0 radical (unpaired) electrons. The Morgan fingerprint density at radius 2 is 2.00 bits per heavy atom. The van der Waals surface area contributed by atoms with Crippen molar-refractivity contribution in [3.8, 4) is 11.5 Å². The first kappa shape index (κ1) is 21.6. The number of hydrogen-bond donors (Lipinski definition) is 0. The first-order valence-corrected chi connectivity index (χ1v) is 10.2. The van der Waals surface area contributed by atoms with Crippen LogP contribution in [0.4, 0.5) is 0 Å². The van der Waals surface area contributed by atoms with E-state index in [-0.39, 0.29) is 5.91 Å². The number of aromatic nitrogens is 2. The van der Waals surface area contributed by atoms with E-state index in [1.54, 1.807) is 42.1 Å². The van der Waals surface area contributed by atoms with Crippen LogP contribution in [0.2, 0.25) is 0 Å². The fourth-order valence-electron chi connectivity index (χ4n) is 2.90. The van der Waals surface area contributed by atoms with Crippen LogP contribution in [-0.2, 0) is 25.0 Å². The number of ether oxygens (including phenoxy) is 2. The van der Waals surface area contributed by atoms with Crippen molar-refractivity contribution in [2.45, 2.75) is 13.2 Å². The Kier molecular flexibility index (Phi) is 7.30. The van der Waals surface area contributed by atoms with Gasteiger partial charge in [-0.2, -0.15) is 5.10 Å². The number of carbonyl (C=O) groups excluding carboxylic acids is 1. The van der Waals surface area contributed by atoms with Gasteiger partial charge in [-0.3, -0.25) is 9.48 Å². The number of carbonyl (C=O) groups is 1. The zero-order chi connectivity index (χ0) is 21.5. The molecular formula is C23H24BrN3O3. The molecule has 0 aliphatic heterocycles. The Balaban J connectivity index is 1.67. The maximum absolute atomic E-state index is 12.5. The Morgan fingerprint density at radius 3 is 2.67 bits per heavy atom. The number of rotatable bonds is 8. The number of nitrogens with zero attached hydrogens (tertiary/aromatic N) is 3. The third kappa shape index (κ3) is 5.51.